The van der Waals surface area contributed by atoms with E-state index in [2.05, 4.69) is 24.3 Å². The van der Waals surface area contributed by atoms with Gasteiger partial charge in [0.15, 0.2) is 27.8 Å². The molecular weight excluding hydrogens is 677 g/mol. The molecule has 1 atom stereocenters. The lowest BCUT2D eigenvalue weighted by Gasteiger charge is -2.26. The van der Waals surface area contributed by atoms with Crippen LogP contribution in [0.15, 0.2) is 125 Å². The Balaban J connectivity index is 1.33. The molecule has 0 spiro atoms. The van der Waals surface area contributed by atoms with Crippen LogP contribution >= 0.6 is 11.3 Å². The maximum atomic E-state index is 14.4. The molecule has 1 aliphatic rings. The van der Waals surface area contributed by atoms with E-state index < -0.39 is 12.0 Å². The molecule has 0 unspecified atom stereocenters. The van der Waals surface area contributed by atoms with Gasteiger partial charge in [-0.1, -0.05) is 96.3 Å². The van der Waals surface area contributed by atoms with Crippen molar-refractivity contribution in [2.75, 3.05) is 27.9 Å². The fraction of sp³-hybridized carbons (Fsp3) is 0.167. The highest BCUT2D eigenvalue weighted by atomic mass is 32.1. The van der Waals surface area contributed by atoms with Gasteiger partial charge >= 0.3 is 5.97 Å². The number of benzene rings is 5. The van der Waals surface area contributed by atoms with Gasteiger partial charge in [0.1, 0.15) is 6.61 Å². The molecule has 9 nitrogen and oxygen atoms in total. The van der Waals surface area contributed by atoms with E-state index in [9.17, 15) is 9.59 Å². The normalized spacial score (nSPS) is 14.1. The molecule has 1 aromatic heterocycles. The Labute approximate surface area is 304 Å². The number of fused-ring (bicyclic) bond motifs is 2. The zero-order chi connectivity index (χ0) is 36.2. The summed E-state index contributed by atoms with van der Waals surface area (Å²) in [5, 5.41) is 2.27. The molecule has 5 aromatic carbocycles. The lowest BCUT2D eigenvalue weighted by Crippen LogP contribution is -2.40. The minimum absolute atomic E-state index is 0.150. The molecule has 0 saturated carbocycles. The molecule has 7 rings (SSSR count). The van der Waals surface area contributed by atoms with Crippen LogP contribution in [-0.2, 0) is 16.1 Å². The van der Waals surface area contributed by atoms with Gasteiger partial charge in [-0.3, -0.25) is 9.36 Å². The average Bonchev–Trinajstić information content (AvgIpc) is 3.50. The van der Waals surface area contributed by atoms with Gasteiger partial charge in [0, 0.05) is 5.56 Å². The van der Waals surface area contributed by atoms with Gasteiger partial charge in [-0.05, 0) is 64.7 Å². The summed E-state index contributed by atoms with van der Waals surface area (Å²) in [5.41, 5.74) is 3.51. The molecule has 0 radical (unpaired) electrons. The first kappa shape index (κ1) is 34.3. The SMILES string of the molecule is CCOC(=O)C1=C(c2ccccc2)N=c2s/c(=C\c3ccc(OCc4cccc5ccccc45)c(OC)c3)c(=O)n2[C@H]1c1ccc(OC)c(OC)c1. The van der Waals surface area contributed by atoms with Gasteiger partial charge in [0.05, 0.1) is 49.8 Å². The zero-order valence-corrected chi connectivity index (χ0v) is 29.9. The number of methoxy groups -OCH3 is 3. The van der Waals surface area contributed by atoms with Crippen LogP contribution in [0.2, 0.25) is 0 Å². The second kappa shape index (κ2) is 15.0. The van der Waals surface area contributed by atoms with Crippen LogP contribution in [0.5, 0.6) is 23.0 Å². The molecule has 1 aliphatic heterocycles. The van der Waals surface area contributed by atoms with Gasteiger partial charge in [0.2, 0.25) is 0 Å². The van der Waals surface area contributed by atoms with Gasteiger partial charge in [-0.2, -0.15) is 0 Å². The highest BCUT2D eigenvalue weighted by Crippen LogP contribution is 2.38. The molecular formula is C42H36N2O7S. The minimum atomic E-state index is -0.869. The standard InChI is InChI=1S/C42H36N2O7S/c1-5-50-41(46)37-38(28-13-7-6-8-14-28)43-42-44(39(37)29-19-21-32(47-2)35(24-29)49-4)40(45)36(52-42)23-26-18-20-33(34(22-26)48-3)51-25-30-16-11-15-27-12-9-10-17-31(27)30/h6-24,39H,5,25H2,1-4H3/b36-23-/t39-/m0/s1. The van der Waals surface area contributed by atoms with E-state index in [-0.39, 0.29) is 17.7 Å². The average molecular weight is 713 g/mol. The summed E-state index contributed by atoms with van der Waals surface area (Å²) < 4.78 is 30.6. The number of ether oxygens (including phenoxy) is 5. The van der Waals surface area contributed by atoms with Crippen molar-refractivity contribution in [2.45, 2.75) is 19.6 Å². The second-order valence-electron chi connectivity index (χ2n) is 11.9. The Hall–Kier alpha value is -6.13. The fourth-order valence-corrected chi connectivity index (χ4v) is 7.40. The van der Waals surface area contributed by atoms with E-state index in [0.29, 0.717) is 50.2 Å². The number of nitrogens with zero attached hydrogens (tertiary/aromatic N) is 2. The Morgan fingerprint density at radius 2 is 1.52 bits per heavy atom. The second-order valence-corrected chi connectivity index (χ2v) is 12.9. The summed E-state index contributed by atoms with van der Waals surface area (Å²) in [6.45, 7) is 2.25. The van der Waals surface area contributed by atoms with Gasteiger partial charge < -0.3 is 23.7 Å². The molecule has 0 amide bonds. The molecule has 262 valence electrons. The van der Waals surface area contributed by atoms with Crippen LogP contribution in [0.3, 0.4) is 0 Å². The van der Waals surface area contributed by atoms with Crippen LogP contribution in [0.25, 0.3) is 22.5 Å². The van der Waals surface area contributed by atoms with E-state index in [4.69, 9.17) is 28.7 Å². The van der Waals surface area contributed by atoms with Crippen LogP contribution in [0.4, 0.5) is 0 Å². The molecule has 52 heavy (non-hydrogen) atoms. The Morgan fingerprint density at radius 1 is 0.808 bits per heavy atom. The number of carbonyl (C=O) groups is 1. The first-order valence-corrected chi connectivity index (χ1v) is 17.5. The molecule has 10 heteroatoms. The number of carbonyl (C=O) groups excluding carboxylic acids is 1. The monoisotopic (exact) mass is 712 g/mol. The van der Waals surface area contributed by atoms with Crippen molar-refractivity contribution in [3.05, 3.63) is 157 Å². The first-order valence-electron chi connectivity index (χ1n) is 16.7. The summed E-state index contributed by atoms with van der Waals surface area (Å²) in [6, 6.07) is 33.8. The van der Waals surface area contributed by atoms with Crippen molar-refractivity contribution in [1.82, 2.24) is 4.57 Å². The van der Waals surface area contributed by atoms with E-state index in [1.165, 1.54) is 11.3 Å². The number of esters is 1. The number of hydrogen-bond acceptors (Lipinski definition) is 9. The number of thiazole rings is 1. The lowest BCUT2D eigenvalue weighted by atomic mass is 9.93. The zero-order valence-electron chi connectivity index (χ0n) is 29.1. The molecule has 0 saturated heterocycles. The maximum absolute atomic E-state index is 14.4. The molecule has 0 fully saturated rings. The lowest BCUT2D eigenvalue weighted by molar-refractivity contribution is -0.138. The highest BCUT2D eigenvalue weighted by molar-refractivity contribution is 7.07. The van der Waals surface area contributed by atoms with Crippen molar-refractivity contribution in [3.8, 4) is 23.0 Å². The van der Waals surface area contributed by atoms with Crippen LogP contribution in [-0.4, -0.2) is 38.5 Å². The Bertz CT molecular complexity index is 2500. The van der Waals surface area contributed by atoms with Gasteiger partial charge in [-0.25, -0.2) is 9.79 Å². The van der Waals surface area contributed by atoms with Crippen molar-refractivity contribution in [1.29, 1.82) is 0 Å². The molecule has 0 bridgehead atoms. The van der Waals surface area contributed by atoms with Crippen molar-refractivity contribution >= 4 is 39.9 Å². The topological polar surface area (TPSA) is 97.6 Å². The number of rotatable bonds is 11. The van der Waals surface area contributed by atoms with E-state index in [0.717, 1.165) is 27.5 Å². The van der Waals surface area contributed by atoms with Gasteiger partial charge in [-0.15, -0.1) is 0 Å². The van der Waals surface area contributed by atoms with E-state index in [1.54, 1.807) is 51.0 Å². The quantitative estimate of drug-likeness (QED) is 0.138. The van der Waals surface area contributed by atoms with E-state index in [1.807, 2.05) is 72.8 Å². The predicted molar refractivity (Wildman–Crippen MR) is 202 cm³/mol. The predicted octanol–water partition coefficient (Wildman–Crippen LogP) is 6.69. The van der Waals surface area contributed by atoms with Crippen molar-refractivity contribution in [3.63, 3.8) is 0 Å². The minimum Gasteiger partial charge on any atom is -0.493 e. The molecule has 6 aromatic rings. The molecule has 0 N–H and O–H groups in total. The third kappa shape index (κ3) is 6.56. The van der Waals surface area contributed by atoms with Crippen molar-refractivity contribution < 1.29 is 28.5 Å². The first-order chi connectivity index (χ1) is 25.4. The third-order valence-corrected chi connectivity index (χ3v) is 9.83. The smallest absolute Gasteiger partial charge is 0.338 e. The number of hydrogen-bond donors (Lipinski definition) is 0. The summed E-state index contributed by atoms with van der Waals surface area (Å²) in [6.07, 6.45) is 1.79. The van der Waals surface area contributed by atoms with E-state index >= 15 is 0 Å². The Morgan fingerprint density at radius 3 is 2.29 bits per heavy atom. The van der Waals surface area contributed by atoms with Crippen LogP contribution in [0.1, 0.15) is 35.2 Å². The molecule has 2 heterocycles. The largest absolute Gasteiger partial charge is 0.493 e. The highest BCUT2D eigenvalue weighted by Gasteiger charge is 2.35. The summed E-state index contributed by atoms with van der Waals surface area (Å²) in [5.74, 6) is 1.51. The Kier molecular flexibility index (Phi) is 9.90. The van der Waals surface area contributed by atoms with Crippen LogP contribution in [0, 0.1) is 0 Å². The molecule has 0 aliphatic carbocycles. The summed E-state index contributed by atoms with van der Waals surface area (Å²) in [4.78, 5) is 33.6. The summed E-state index contributed by atoms with van der Waals surface area (Å²) >= 11 is 1.24. The summed E-state index contributed by atoms with van der Waals surface area (Å²) in [7, 11) is 4.68. The third-order valence-electron chi connectivity index (χ3n) is 8.85. The van der Waals surface area contributed by atoms with Crippen LogP contribution < -0.4 is 33.8 Å². The van der Waals surface area contributed by atoms with Crippen molar-refractivity contribution in [2.24, 2.45) is 4.99 Å². The number of aromatic nitrogens is 1. The maximum Gasteiger partial charge on any atom is 0.338 e. The van der Waals surface area contributed by atoms with Gasteiger partial charge in [0.25, 0.3) is 5.56 Å². The fourth-order valence-electron chi connectivity index (χ4n) is 6.40.